The second-order valence-electron chi connectivity index (χ2n) is 6.84. The number of nitrogens with one attached hydrogen (secondary N) is 2. The molecule has 1 aromatic rings. The van der Waals surface area contributed by atoms with Crippen LogP contribution in [0.15, 0.2) is 35.3 Å². The van der Waals surface area contributed by atoms with E-state index in [1.165, 1.54) is 18.6 Å². The van der Waals surface area contributed by atoms with Gasteiger partial charge in [0, 0.05) is 30.9 Å². The minimum atomic E-state index is 0.0509. The molecule has 144 valence electrons. The lowest BCUT2D eigenvalue weighted by Crippen LogP contribution is -2.44. The predicted octanol–water partition coefficient (Wildman–Crippen LogP) is 2.88. The van der Waals surface area contributed by atoms with Gasteiger partial charge in [0.1, 0.15) is 6.54 Å². The topological polar surface area (TPSA) is 56.7 Å². The Morgan fingerprint density at radius 1 is 1.27 bits per heavy atom. The third-order valence-corrected chi connectivity index (χ3v) is 6.14. The quantitative estimate of drug-likeness (QED) is 0.541. The highest BCUT2D eigenvalue weighted by Gasteiger charge is 2.29. The first-order chi connectivity index (χ1) is 12.6. The first-order valence-corrected chi connectivity index (χ1v) is 10.5. The molecule has 0 radical (unpaired) electrons. The van der Waals surface area contributed by atoms with Gasteiger partial charge >= 0.3 is 0 Å². The van der Waals surface area contributed by atoms with Crippen molar-refractivity contribution in [1.82, 2.24) is 15.5 Å². The van der Waals surface area contributed by atoms with Gasteiger partial charge in [-0.25, -0.2) is 4.99 Å². The van der Waals surface area contributed by atoms with Gasteiger partial charge in [-0.3, -0.25) is 4.79 Å². The van der Waals surface area contributed by atoms with E-state index in [1.807, 2.05) is 60.8 Å². The van der Waals surface area contributed by atoms with E-state index in [1.54, 1.807) is 0 Å². The average molecular weight is 377 g/mol. The number of rotatable bonds is 8. The van der Waals surface area contributed by atoms with Crippen molar-refractivity contribution in [1.29, 1.82) is 0 Å². The standard InChI is InChI=1S/C20H32N4OS/c1-4-21-19(23-16-20(3)12-9-13-26-20)22-14-18(25)24(5-2)15-17-10-7-6-8-11-17/h6-8,10-11H,4-5,9,12-16H2,1-3H3,(H2,21,22,23). The Bertz CT molecular complexity index is 585. The molecule has 2 rings (SSSR count). The normalized spacial score (nSPS) is 20.0. The third-order valence-electron chi connectivity index (χ3n) is 4.60. The maximum absolute atomic E-state index is 12.6. The second-order valence-corrected chi connectivity index (χ2v) is 8.53. The minimum absolute atomic E-state index is 0.0509. The molecule has 5 nitrogen and oxygen atoms in total. The van der Waals surface area contributed by atoms with Crippen molar-refractivity contribution in [3.05, 3.63) is 35.9 Å². The lowest BCUT2D eigenvalue weighted by atomic mass is 10.1. The molecule has 0 aromatic heterocycles. The molecule has 1 unspecified atom stereocenters. The number of nitrogens with zero attached hydrogens (tertiary/aromatic N) is 2. The van der Waals surface area contributed by atoms with Crippen molar-refractivity contribution in [2.45, 2.75) is 44.9 Å². The van der Waals surface area contributed by atoms with Crippen LogP contribution in [0.4, 0.5) is 0 Å². The van der Waals surface area contributed by atoms with Crippen LogP contribution in [0.1, 0.15) is 39.2 Å². The zero-order valence-corrected chi connectivity index (χ0v) is 17.1. The summed E-state index contributed by atoms with van der Waals surface area (Å²) in [6.07, 6.45) is 2.50. The molecule has 1 saturated heterocycles. The van der Waals surface area contributed by atoms with Crippen LogP contribution in [0.25, 0.3) is 0 Å². The highest BCUT2D eigenvalue weighted by Crippen LogP contribution is 2.36. The van der Waals surface area contributed by atoms with Gasteiger partial charge in [-0.15, -0.1) is 0 Å². The molecule has 2 N–H and O–H groups in total. The molecule has 6 heteroatoms. The first kappa shape index (κ1) is 20.6. The number of hydrogen-bond acceptors (Lipinski definition) is 3. The summed E-state index contributed by atoms with van der Waals surface area (Å²) < 4.78 is 0.267. The molecule has 1 heterocycles. The van der Waals surface area contributed by atoms with Crippen LogP contribution in [0.5, 0.6) is 0 Å². The zero-order chi connectivity index (χ0) is 18.8. The van der Waals surface area contributed by atoms with Gasteiger partial charge in [0.25, 0.3) is 0 Å². The van der Waals surface area contributed by atoms with Crippen LogP contribution in [-0.2, 0) is 11.3 Å². The Kier molecular flexibility index (Phi) is 8.29. The predicted molar refractivity (Wildman–Crippen MR) is 112 cm³/mol. The number of guanidine groups is 1. The summed E-state index contributed by atoms with van der Waals surface area (Å²) in [5.41, 5.74) is 1.14. The molecule has 1 amide bonds. The number of carbonyl (C=O) groups is 1. The van der Waals surface area contributed by atoms with Crippen LogP contribution in [-0.4, -0.2) is 53.4 Å². The molecule has 0 bridgehead atoms. The Morgan fingerprint density at radius 2 is 2.04 bits per heavy atom. The number of carbonyl (C=O) groups excluding carboxylic acids is 1. The Morgan fingerprint density at radius 3 is 2.65 bits per heavy atom. The van der Waals surface area contributed by atoms with Gasteiger partial charge in [-0.2, -0.15) is 11.8 Å². The highest BCUT2D eigenvalue weighted by atomic mass is 32.2. The van der Waals surface area contributed by atoms with Crippen LogP contribution in [0.2, 0.25) is 0 Å². The third kappa shape index (κ3) is 6.56. The molecule has 1 aliphatic heterocycles. The fraction of sp³-hybridized carbons (Fsp3) is 0.600. The van der Waals surface area contributed by atoms with Crippen molar-refractivity contribution >= 4 is 23.6 Å². The van der Waals surface area contributed by atoms with Crippen molar-refractivity contribution < 1.29 is 4.79 Å². The van der Waals surface area contributed by atoms with E-state index in [4.69, 9.17) is 0 Å². The molecular weight excluding hydrogens is 344 g/mol. The van der Waals surface area contributed by atoms with E-state index >= 15 is 0 Å². The molecule has 1 fully saturated rings. The van der Waals surface area contributed by atoms with Gasteiger partial charge in [-0.05, 0) is 44.9 Å². The average Bonchev–Trinajstić information content (AvgIpc) is 3.09. The van der Waals surface area contributed by atoms with E-state index in [-0.39, 0.29) is 17.2 Å². The van der Waals surface area contributed by atoms with Crippen LogP contribution in [0, 0.1) is 0 Å². The number of amides is 1. The van der Waals surface area contributed by atoms with Crippen molar-refractivity contribution in [2.24, 2.45) is 4.99 Å². The van der Waals surface area contributed by atoms with Gasteiger partial charge in [0.05, 0.1) is 0 Å². The zero-order valence-electron chi connectivity index (χ0n) is 16.3. The van der Waals surface area contributed by atoms with Crippen LogP contribution >= 0.6 is 11.8 Å². The molecule has 1 atom stereocenters. The molecule has 0 saturated carbocycles. The smallest absolute Gasteiger partial charge is 0.244 e. The largest absolute Gasteiger partial charge is 0.357 e. The van der Waals surface area contributed by atoms with Crippen molar-refractivity contribution in [3.63, 3.8) is 0 Å². The number of hydrogen-bond donors (Lipinski definition) is 2. The summed E-state index contributed by atoms with van der Waals surface area (Å²) >= 11 is 2.02. The van der Waals surface area contributed by atoms with Gasteiger partial charge in [-0.1, -0.05) is 30.3 Å². The second kappa shape index (κ2) is 10.5. The number of likely N-dealkylation sites (N-methyl/N-ethyl adjacent to an activating group) is 1. The summed E-state index contributed by atoms with van der Waals surface area (Å²) in [5.74, 6) is 2.01. The van der Waals surface area contributed by atoms with Crippen LogP contribution in [0.3, 0.4) is 0 Å². The molecule has 0 aliphatic carbocycles. The molecule has 1 aromatic carbocycles. The Labute approximate surface area is 162 Å². The Hall–Kier alpha value is -1.69. The fourth-order valence-electron chi connectivity index (χ4n) is 3.02. The number of thioether (sulfide) groups is 1. The SMILES string of the molecule is CCNC(=NCC(=O)N(CC)Cc1ccccc1)NCC1(C)CCCS1. The van der Waals surface area contributed by atoms with E-state index in [9.17, 15) is 4.79 Å². The molecule has 26 heavy (non-hydrogen) atoms. The van der Waals surface area contributed by atoms with Gasteiger partial charge < -0.3 is 15.5 Å². The molecular formula is C20H32N4OS. The summed E-state index contributed by atoms with van der Waals surface area (Å²) in [4.78, 5) is 18.9. The van der Waals surface area contributed by atoms with Gasteiger partial charge in [0.15, 0.2) is 5.96 Å². The Balaban J connectivity index is 1.90. The lowest BCUT2D eigenvalue weighted by Gasteiger charge is -2.24. The fourth-order valence-corrected chi connectivity index (χ4v) is 4.26. The number of benzene rings is 1. The maximum Gasteiger partial charge on any atom is 0.244 e. The van der Waals surface area contributed by atoms with Crippen LogP contribution < -0.4 is 10.6 Å². The summed E-state index contributed by atoms with van der Waals surface area (Å²) in [6, 6.07) is 10.1. The van der Waals surface area contributed by atoms with E-state index in [0.717, 1.165) is 24.6 Å². The van der Waals surface area contributed by atoms with Crippen molar-refractivity contribution in [2.75, 3.05) is 31.9 Å². The van der Waals surface area contributed by atoms with E-state index < -0.39 is 0 Å². The van der Waals surface area contributed by atoms with Crippen molar-refractivity contribution in [3.8, 4) is 0 Å². The highest BCUT2D eigenvalue weighted by molar-refractivity contribution is 8.00. The monoisotopic (exact) mass is 376 g/mol. The van der Waals surface area contributed by atoms with E-state index in [0.29, 0.717) is 13.1 Å². The van der Waals surface area contributed by atoms with E-state index in [2.05, 4.69) is 22.5 Å². The van der Waals surface area contributed by atoms with Gasteiger partial charge in [0.2, 0.25) is 5.91 Å². The summed E-state index contributed by atoms with van der Waals surface area (Å²) in [6.45, 7) is 9.48. The molecule has 1 aliphatic rings. The minimum Gasteiger partial charge on any atom is -0.357 e. The maximum atomic E-state index is 12.6. The number of aliphatic imine (C=N–C) groups is 1. The summed E-state index contributed by atoms with van der Waals surface area (Å²) in [5, 5.41) is 6.66. The summed E-state index contributed by atoms with van der Waals surface area (Å²) in [7, 11) is 0. The molecule has 0 spiro atoms. The first-order valence-electron chi connectivity index (χ1n) is 9.54. The lowest BCUT2D eigenvalue weighted by molar-refractivity contribution is -0.130.